The minimum Gasteiger partial charge on any atom is -0.488 e. The van der Waals surface area contributed by atoms with Gasteiger partial charge in [0.25, 0.3) is 0 Å². The fourth-order valence-electron chi connectivity index (χ4n) is 2.25. The molecule has 2 heterocycles. The van der Waals surface area contributed by atoms with Gasteiger partial charge < -0.3 is 14.4 Å². The number of hydrogen-bond donors (Lipinski definition) is 0. The highest BCUT2D eigenvalue weighted by atomic mass is 16.6. The van der Waals surface area contributed by atoms with E-state index in [1.807, 2.05) is 39.8 Å². The summed E-state index contributed by atoms with van der Waals surface area (Å²) in [7, 11) is 0. The van der Waals surface area contributed by atoms with Crippen molar-refractivity contribution in [1.29, 1.82) is 0 Å². The van der Waals surface area contributed by atoms with E-state index in [9.17, 15) is 4.79 Å². The number of likely N-dealkylation sites (tertiary alicyclic amines) is 1. The summed E-state index contributed by atoms with van der Waals surface area (Å²) in [6, 6.07) is 3.76. The largest absolute Gasteiger partial charge is 0.488 e. The van der Waals surface area contributed by atoms with Crippen molar-refractivity contribution in [2.45, 2.75) is 51.9 Å². The molecular weight excluding hydrogens is 256 g/mol. The van der Waals surface area contributed by atoms with Crippen LogP contribution in [0.4, 0.5) is 4.79 Å². The third kappa shape index (κ3) is 3.85. The molecule has 2 rings (SSSR count). The van der Waals surface area contributed by atoms with E-state index in [1.54, 1.807) is 17.3 Å². The van der Waals surface area contributed by atoms with Crippen molar-refractivity contribution < 1.29 is 14.3 Å². The molecule has 1 aliphatic rings. The van der Waals surface area contributed by atoms with Crippen LogP contribution in [0.5, 0.6) is 5.75 Å². The highest BCUT2D eigenvalue weighted by molar-refractivity contribution is 5.69. The van der Waals surface area contributed by atoms with Crippen LogP contribution < -0.4 is 4.74 Å². The van der Waals surface area contributed by atoms with Crippen LogP contribution in [-0.4, -0.2) is 40.3 Å². The van der Waals surface area contributed by atoms with Crippen molar-refractivity contribution in [3.8, 4) is 5.75 Å². The van der Waals surface area contributed by atoms with Crippen LogP contribution in [0.2, 0.25) is 0 Å². The summed E-state index contributed by atoms with van der Waals surface area (Å²) in [4.78, 5) is 17.8. The zero-order valence-electron chi connectivity index (χ0n) is 12.5. The Morgan fingerprint density at radius 1 is 1.35 bits per heavy atom. The second-order valence-electron chi connectivity index (χ2n) is 6.14. The van der Waals surface area contributed by atoms with Gasteiger partial charge in [0.05, 0.1) is 6.54 Å². The second-order valence-corrected chi connectivity index (χ2v) is 6.14. The van der Waals surface area contributed by atoms with E-state index in [1.165, 1.54) is 0 Å². The van der Waals surface area contributed by atoms with Crippen molar-refractivity contribution in [3.05, 3.63) is 24.5 Å². The lowest BCUT2D eigenvalue weighted by Crippen LogP contribution is -2.39. The normalized spacial score (nSPS) is 22.7. The molecule has 2 atom stereocenters. The predicted octanol–water partition coefficient (Wildman–Crippen LogP) is 2.86. The molecule has 20 heavy (non-hydrogen) atoms. The van der Waals surface area contributed by atoms with Crippen LogP contribution in [0.3, 0.4) is 0 Å². The molecule has 0 N–H and O–H groups in total. The van der Waals surface area contributed by atoms with Gasteiger partial charge in [-0.25, -0.2) is 4.79 Å². The van der Waals surface area contributed by atoms with Gasteiger partial charge in [-0.2, -0.15) is 0 Å². The van der Waals surface area contributed by atoms with Crippen LogP contribution in [0.15, 0.2) is 24.5 Å². The van der Waals surface area contributed by atoms with Crippen molar-refractivity contribution >= 4 is 6.09 Å². The number of nitrogens with zero attached hydrogens (tertiary/aromatic N) is 2. The van der Waals surface area contributed by atoms with Gasteiger partial charge in [-0.1, -0.05) is 0 Å². The van der Waals surface area contributed by atoms with E-state index in [4.69, 9.17) is 9.47 Å². The molecule has 0 aromatic carbocycles. The Balaban J connectivity index is 1.93. The van der Waals surface area contributed by atoms with Crippen LogP contribution in [0, 0.1) is 0 Å². The number of aromatic nitrogens is 1. The third-order valence-electron chi connectivity index (χ3n) is 3.12. The zero-order chi connectivity index (χ0) is 14.8. The SMILES string of the molecule is C[C@H]1C[C@@H](Oc2ccncc2)CN1C(=O)OC(C)(C)C. The average Bonchev–Trinajstić information content (AvgIpc) is 2.69. The molecule has 1 saturated heterocycles. The van der Waals surface area contributed by atoms with Crippen LogP contribution in [-0.2, 0) is 4.74 Å². The molecule has 1 fully saturated rings. The molecule has 1 aliphatic heterocycles. The van der Waals surface area contributed by atoms with Crippen molar-refractivity contribution in [2.24, 2.45) is 0 Å². The maximum absolute atomic E-state index is 12.1. The number of carbonyl (C=O) groups excluding carboxylic acids is 1. The van der Waals surface area contributed by atoms with Crippen molar-refractivity contribution in [1.82, 2.24) is 9.88 Å². The number of ether oxygens (including phenoxy) is 2. The highest BCUT2D eigenvalue weighted by Crippen LogP contribution is 2.24. The summed E-state index contributed by atoms with van der Waals surface area (Å²) >= 11 is 0. The summed E-state index contributed by atoms with van der Waals surface area (Å²) in [5, 5.41) is 0. The molecule has 0 aliphatic carbocycles. The molecule has 1 amide bonds. The van der Waals surface area contributed by atoms with Gasteiger partial charge in [0.2, 0.25) is 0 Å². The first-order chi connectivity index (χ1) is 9.35. The molecule has 5 heteroatoms. The lowest BCUT2D eigenvalue weighted by molar-refractivity contribution is 0.0224. The Bertz CT molecular complexity index is 456. The maximum Gasteiger partial charge on any atom is 0.410 e. The zero-order valence-corrected chi connectivity index (χ0v) is 12.5. The molecular formula is C15H22N2O3. The van der Waals surface area contributed by atoms with E-state index < -0.39 is 5.60 Å². The van der Waals surface area contributed by atoms with Gasteiger partial charge in [-0.3, -0.25) is 4.98 Å². The molecule has 0 unspecified atom stereocenters. The van der Waals surface area contributed by atoms with Crippen LogP contribution in [0.1, 0.15) is 34.1 Å². The molecule has 110 valence electrons. The number of hydrogen-bond acceptors (Lipinski definition) is 4. The van der Waals surface area contributed by atoms with Crippen molar-refractivity contribution in [2.75, 3.05) is 6.54 Å². The quantitative estimate of drug-likeness (QED) is 0.834. The van der Waals surface area contributed by atoms with E-state index in [2.05, 4.69) is 4.98 Å². The average molecular weight is 278 g/mol. The van der Waals surface area contributed by atoms with Crippen LogP contribution >= 0.6 is 0 Å². The van der Waals surface area contributed by atoms with Crippen molar-refractivity contribution in [3.63, 3.8) is 0 Å². The highest BCUT2D eigenvalue weighted by Gasteiger charge is 2.36. The first-order valence-corrected chi connectivity index (χ1v) is 6.91. The van der Waals surface area contributed by atoms with Gasteiger partial charge in [-0.05, 0) is 39.8 Å². The summed E-state index contributed by atoms with van der Waals surface area (Å²) in [6.45, 7) is 8.18. The molecule has 1 aromatic heterocycles. The monoisotopic (exact) mass is 278 g/mol. The Morgan fingerprint density at radius 2 is 2.00 bits per heavy atom. The lowest BCUT2D eigenvalue weighted by Gasteiger charge is -2.26. The van der Waals surface area contributed by atoms with E-state index in [0.29, 0.717) is 6.54 Å². The van der Waals surface area contributed by atoms with E-state index >= 15 is 0 Å². The Hall–Kier alpha value is -1.78. The first kappa shape index (κ1) is 14.6. The van der Waals surface area contributed by atoms with Gasteiger partial charge in [0.15, 0.2) is 0 Å². The lowest BCUT2D eigenvalue weighted by atomic mass is 10.2. The molecule has 0 bridgehead atoms. The number of amides is 1. The predicted molar refractivity (Wildman–Crippen MR) is 75.7 cm³/mol. The summed E-state index contributed by atoms with van der Waals surface area (Å²) in [6.07, 6.45) is 3.92. The van der Waals surface area contributed by atoms with Gasteiger partial charge >= 0.3 is 6.09 Å². The van der Waals surface area contributed by atoms with E-state index in [-0.39, 0.29) is 18.2 Å². The van der Waals surface area contributed by atoms with Crippen LogP contribution in [0.25, 0.3) is 0 Å². The third-order valence-corrected chi connectivity index (χ3v) is 3.12. The second kappa shape index (κ2) is 5.69. The first-order valence-electron chi connectivity index (χ1n) is 6.91. The molecule has 0 spiro atoms. The van der Waals surface area contributed by atoms with Gasteiger partial charge in [0, 0.05) is 24.9 Å². The number of rotatable bonds is 2. The van der Waals surface area contributed by atoms with Gasteiger partial charge in [0.1, 0.15) is 17.5 Å². The molecule has 0 radical (unpaired) electrons. The smallest absolute Gasteiger partial charge is 0.410 e. The summed E-state index contributed by atoms with van der Waals surface area (Å²) in [5.74, 6) is 0.781. The maximum atomic E-state index is 12.1. The summed E-state index contributed by atoms with van der Waals surface area (Å²) in [5.41, 5.74) is -0.471. The van der Waals surface area contributed by atoms with Gasteiger partial charge in [-0.15, -0.1) is 0 Å². The molecule has 1 aromatic rings. The Kier molecular flexibility index (Phi) is 4.16. The molecule has 5 nitrogen and oxygen atoms in total. The number of pyridine rings is 1. The fraction of sp³-hybridized carbons (Fsp3) is 0.600. The standard InChI is InChI=1S/C15H22N2O3/c1-11-9-13(19-12-5-7-16-8-6-12)10-17(11)14(18)20-15(2,3)4/h5-8,11,13H,9-10H2,1-4H3/t11-,13+/m0/s1. The Labute approximate surface area is 119 Å². The van der Waals surface area contributed by atoms with E-state index in [0.717, 1.165) is 12.2 Å². The minimum absolute atomic E-state index is 0.0000756. The fourth-order valence-corrected chi connectivity index (χ4v) is 2.25. The molecule has 0 saturated carbocycles. The topological polar surface area (TPSA) is 51.7 Å². The Morgan fingerprint density at radius 3 is 2.60 bits per heavy atom. The summed E-state index contributed by atoms with van der Waals surface area (Å²) < 4.78 is 11.3. The minimum atomic E-state index is -0.471. The number of carbonyl (C=O) groups is 1.